The van der Waals surface area contributed by atoms with Crippen LogP contribution in [0, 0.1) is 0 Å². The van der Waals surface area contributed by atoms with E-state index in [1.165, 1.54) is 4.31 Å². The van der Waals surface area contributed by atoms with Crippen LogP contribution in [-0.4, -0.2) is 32.7 Å². The maximum atomic E-state index is 12.1. The van der Waals surface area contributed by atoms with E-state index in [0.717, 1.165) is 6.42 Å². The van der Waals surface area contributed by atoms with Crippen LogP contribution in [0.3, 0.4) is 0 Å². The molecule has 5 nitrogen and oxygen atoms in total. The van der Waals surface area contributed by atoms with Gasteiger partial charge in [-0.3, -0.25) is 9.10 Å². The SMILES string of the molecule is CC(C)NC(=O)c1ccc(N2CCCCS2(=O)=O)cc1Cl. The molecule has 7 heteroatoms. The number of hydrogen-bond acceptors (Lipinski definition) is 3. The molecule has 1 aliphatic rings. The summed E-state index contributed by atoms with van der Waals surface area (Å²) in [4.78, 5) is 12.0. The third kappa shape index (κ3) is 3.68. The summed E-state index contributed by atoms with van der Waals surface area (Å²) in [7, 11) is -3.27. The molecule has 1 heterocycles. The molecule has 1 aromatic carbocycles. The zero-order chi connectivity index (χ0) is 15.6. The lowest BCUT2D eigenvalue weighted by Crippen LogP contribution is -2.38. The molecule has 1 saturated heterocycles. The van der Waals surface area contributed by atoms with Crippen molar-refractivity contribution in [3.05, 3.63) is 28.8 Å². The number of sulfonamides is 1. The van der Waals surface area contributed by atoms with Gasteiger partial charge in [0.15, 0.2) is 0 Å². The third-order valence-corrected chi connectivity index (χ3v) is 5.44. The normalized spacial score (nSPS) is 17.8. The van der Waals surface area contributed by atoms with Crippen LogP contribution in [-0.2, 0) is 10.0 Å². The lowest BCUT2D eigenvalue weighted by molar-refractivity contribution is 0.0943. The van der Waals surface area contributed by atoms with Crippen molar-refractivity contribution >= 4 is 33.2 Å². The van der Waals surface area contributed by atoms with E-state index in [-0.39, 0.29) is 22.7 Å². The molecular formula is C14H19ClN2O3S. The van der Waals surface area contributed by atoms with E-state index < -0.39 is 10.0 Å². The molecule has 1 aromatic rings. The van der Waals surface area contributed by atoms with Crippen molar-refractivity contribution in [3.8, 4) is 0 Å². The first-order chi connectivity index (χ1) is 9.81. The Morgan fingerprint density at radius 1 is 1.33 bits per heavy atom. The van der Waals surface area contributed by atoms with Gasteiger partial charge in [0.1, 0.15) is 0 Å². The van der Waals surface area contributed by atoms with Crippen molar-refractivity contribution in [1.82, 2.24) is 5.32 Å². The van der Waals surface area contributed by atoms with Gasteiger partial charge in [-0.05, 0) is 44.9 Å². The topological polar surface area (TPSA) is 66.5 Å². The van der Waals surface area contributed by atoms with Gasteiger partial charge in [-0.25, -0.2) is 8.42 Å². The van der Waals surface area contributed by atoms with E-state index in [1.807, 2.05) is 13.8 Å². The predicted molar refractivity (Wildman–Crippen MR) is 84.4 cm³/mol. The van der Waals surface area contributed by atoms with Crippen LogP contribution in [0.25, 0.3) is 0 Å². The third-order valence-electron chi connectivity index (χ3n) is 3.25. The molecule has 0 spiro atoms. The molecule has 0 bridgehead atoms. The van der Waals surface area contributed by atoms with E-state index in [4.69, 9.17) is 11.6 Å². The molecule has 0 aromatic heterocycles. The summed E-state index contributed by atoms with van der Waals surface area (Å²) < 4.78 is 25.5. The van der Waals surface area contributed by atoms with Crippen molar-refractivity contribution in [2.24, 2.45) is 0 Å². The average molecular weight is 331 g/mol. The molecule has 0 unspecified atom stereocenters. The number of benzene rings is 1. The van der Waals surface area contributed by atoms with E-state index in [9.17, 15) is 13.2 Å². The Bertz CT molecular complexity index is 644. The van der Waals surface area contributed by atoms with Crippen molar-refractivity contribution < 1.29 is 13.2 Å². The number of amides is 1. The Labute approximate surface area is 130 Å². The van der Waals surface area contributed by atoms with E-state index in [0.29, 0.717) is 24.2 Å². The molecule has 0 saturated carbocycles. The van der Waals surface area contributed by atoms with Gasteiger partial charge in [-0.1, -0.05) is 11.6 Å². The lowest BCUT2D eigenvalue weighted by Gasteiger charge is -2.28. The predicted octanol–water partition coefficient (Wildman–Crippen LogP) is 2.41. The second-order valence-electron chi connectivity index (χ2n) is 5.39. The summed E-state index contributed by atoms with van der Waals surface area (Å²) in [5.74, 6) is -0.108. The van der Waals surface area contributed by atoms with Gasteiger partial charge in [0, 0.05) is 12.6 Å². The molecule has 0 atom stereocenters. The second kappa shape index (κ2) is 6.23. The highest BCUT2D eigenvalue weighted by Crippen LogP contribution is 2.28. The molecule has 1 fully saturated rings. The number of anilines is 1. The highest BCUT2D eigenvalue weighted by molar-refractivity contribution is 7.92. The van der Waals surface area contributed by atoms with Gasteiger partial charge < -0.3 is 5.32 Å². The van der Waals surface area contributed by atoms with Crippen LogP contribution < -0.4 is 9.62 Å². The summed E-state index contributed by atoms with van der Waals surface area (Å²) in [5.41, 5.74) is 0.865. The van der Waals surface area contributed by atoms with Gasteiger partial charge in [0.05, 0.1) is 22.0 Å². The van der Waals surface area contributed by atoms with Gasteiger partial charge >= 0.3 is 0 Å². The fraction of sp³-hybridized carbons (Fsp3) is 0.500. The Hall–Kier alpha value is -1.27. The monoisotopic (exact) mass is 330 g/mol. The lowest BCUT2D eigenvalue weighted by atomic mass is 10.1. The Morgan fingerprint density at radius 3 is 2.62 bits per heavy atom. The van der Waals surface area contributed by atoms with E-state index in [2.05, 4.69) is 5.32 Å². The number of nitrogens with one attached hydrogen (secondary N) is 1. The first-order valence-electron chi connectivity index (χ1n) is 6.92. The molecule has 116 valence electrons. The standard InChI is InChI=1S/C14H19ClN2O3S/c1-10(2)16-14(18)12-6-5-11(9-13(12)15)17-7-3-4-8-21(17,19)20/h5-6,9-10H,3-4,7-8H2,1-2H3,(H,16,18). The Morgan fingerprint density at radius 2 is 2.05 bits per heavy atom. The maximum absolute atomic E-state index is 12.1. The van der Waals surface area contributed by atoms with Crippen LogP contribution in [0.15, 0.2) is 18.2 Å². The van der Waals surface area contributed by atoms with E-state index >= 15 is 0 Å². The summed E-state index contributed by atoms with van der Waals surface area (Å²) in [6.45, 7) is 4.18. The van der Waals surface area contributed by atoms with Gasteiger partial charge in [-0.15, -0.1) is 0 Å². The van der Waals surface area contributed by atoms with Crippen LogP contribution in [0.5, 0.6) is 0 Å². The Balaban J connectivity index is 2.29. The van der Waals surface area contributed by atoms with Crippen LogP contribution in [0.1, 0.15) is 37.0 Å². The van der Waals surface area contributed by atoms with Crippen molar-refractivity contribution in [2.45, 2.75) is 32.7 Å². The fourth-order valence-corrected chi connectivity index (χ4v) is 4.15. The first-order valence-corrected chi connectivity index (χ1v) is 8.91. The quantitative estimate of drug-likeness (QED) is 0.925. The summed E-state index contributed by atoms with van der Waals surface area (Å²) in [6.07, 6.45) is 1.51. The van der Waals surface area contributed by atoms with Crippen molar-refractivity contribution in [2.75, 3.05) is 16.6 Å². The maximum Gasteiger partial charge on any atom is 0.252 e. The van der Waals surface area contributed by atoms with Gasteiger partial charge in [0.2, 0.25) is 10.0 Å². The van der Waals surface area contributed by atoms with Crippen LogP contribution in [0.2, 0.25) is 5.02 Å². The molecular weight excluding hydrogens is 312 g/mol. The van der Waals surface area contributed by atoms with Crippen molar-refractivity contribution in [3.63, 3.8) is 0 Å². The summed E-state index contributed by atoms with van der Waals surface area (Å²) in [5, 5.41) is 3.02. The highest BCUT2D eigenvalue weighted by atomic mass is 35.5. The molecule has 21 heavy (non-hydrogen) atoms. The van der Waals surface area contributed by atoms with Gasteiger partial charge in [-0.2, -0.15) is 0 Å². The molecule has 0 radical (unpaired) electrons. The number of rotatable bonds is 3. The molecule has 1 aliphatic heterocycles. The summed E-state index contributed by atoms with van der Waals surface area (Å²) in [6, 6.07) is 4.75. The number of carbonyl (C=O) groups excluding carboxylic acids is 1. The number of carbonyl (C=O) groups is 1. The number of hydrogen-bond donors (Lipinski definition) is 1. The molecule has 1 N–H and O–H groups in total. The minimum Gasteiger partial charge on any atom is -0.350 e. The van der Waals surface area contributed by atoms with Crippen LogP contribution in [0.4, 0.5) is 5.69 Å². The minimum absolute atomic E-state index is 0.00992. The fourth-order valence-electron chi connectivity index (χ4n) is 2.26. The smallest absolute Gasteiger partial charge is 0.252 e. The zero-order valence-corrected chi connectivity index (χ0v) is 13.7. The zero-order valence-electron chi connectivity index (χ0n) is 12.1. The highest BCUT2D eigenvalue weighted by Gasteiger charge is 2.26. The second-order valence-corrected chi connectivity index (χ2v) is 7.81. The molecule has 2 rings (SSSR count). The number of nitrogens with zero attached hydrogens (tertiary/aromatic N) is 1. The first kappa shape index (κ1) is 16.1. The largest absolute Gasteiger partial charge is 0.350 e. The summed E-state index contributed by atoms with van der Waals surface area (Å²) >= 11 is 6.14. The Kier molecular flexibility index (Phi) is 4.78. The van der Waals surface area contributed by atoms with Crippen molar-refractivity contribution in [1.29, 1.82) is 0 Å². The van der Waals surface area contributed by atoms with E-state index in [1.54, 1.807) is 18.2 Å². The number of halogens is 1. The van der Waals surface area contributed by atoms with Crippen LogP contribution >= 0.6 is 11.6 Å². The average Bonchev–Trinajstić information content (AvgIpc) is 2.37. The molecule has 1 amide bonds. The molecule has 0 aliphatic carbocycles. The minimum atomic E-state index is -3.27. The van der Waals surface area contributed by atoms with Gasteiger partial charge in [0.25, 0.3) is 5.91 Å².